The van der Waals surface area contributed by atoms with Crippen LogP contribution in [0.3, 0.4) is 0 Å². The van der Waals surface area contributed by atoms with E-state index in [1.165, 1.54) is 6.33 Å². The minimum absolute atomic E-state index is 0.152. The predicted octanol–water partition coefficient (Wildman–Crippen LogP) is 2.27. The van der Waals surface area contributed by atoms with Crippen LogP contribution in [-0.2, 0) is 0 Å². The highest BCUT2D eigenvalue weighted by atomic mass is 16.2. The molecule has 1 heterocycles. The number of nitrogens with zero attached hydrogens (tertiary/aromatic N) is 2. The summed E-state index contributed by atoms with van der Waals surface area (Å²) in [6.45, 7) is 2.45. The monoisotopic (exact) mass is 350 g/mol. The fourth-order valence-corrected chi connectivity index (χ4v) is 2.55. The Morgan fingerprint density at radius 3 is 2.65 bits per heavy atom. The van der Waals surface area contributed by atoms with Crippen LogP contribution in [0.1, 0.15) is 27.6 Å². The first kappa shape index (κ1) is 17.3. The quantitative estimate of drug-likeness (QED) is 0.754. The summed E-state index contributed by atoms with van der Waals surface area (Å²) in [5.41, 5.74) is 1.35. The smallest absolute Gasteiger partial charge is 0.258 e. The minimum Gasteiger partial charge on any atom is -0.342 e. The van der Waals surface area contributed by atoms with Crippen molar-refractivity contribution in [2.75, 3.05) is 18.9 Å². The van der Waals surface area contributed by atoms with Gasteiger partial charge in [0.15, 0.2) is 0 Å². The minimum atomic E-state index is -0.381. The number of H-pyrrole nitrogens is 1. The summed E-state index contributed by atoms with van der Waals surface area (Å²) in [5.74, 6) is -0.533. The molecule has 0 aliphatic rings. The Balaban J connectivity index is 1.91. The molecule has 0 aliphatic heterocycles. The van der Waals surface area contributed by atoms with Gasteiger partial charge >= 0.3 is 0 Å². The van der Waals surface area contributed by atoms with Crippen molar-refractivity contribution in [2.24, 2.45) is 0 Å². The number of benzene rings is 2. The van der Waals surface area contributed by atoms with Crippen LogP contribution >= 0.6 is 0 Å². The lowest BCUT2D eigenvalue weighted by atomic mass is 10.1. The molecule has 3 rings (SSSR count). The second-order valence-electron chi connectivity index (χ2n) is 5.79. The number of hydrogen-bond donors (Lipinski definition) is 2. The molecule has 3 aromatic rings. The largest absolute Gasteiger partial charge is 0.342 e. The molecule has 0 spiro atoms. The summed E-state index contributed by atoms with van der Waals surface area (Å²) in [5, 5.41) is 3.15. The number of carbonyl (C=O) groups excluding carboxylic acids is 2. The van der Waals surface area contributed by atoms with Crippen LogP contribution in [0.2, 0.25) is 0 Å². The maximum atomic E-state index is 12.6. The van der Waals surface area contributed by atoms with Crippen LogP contribution < -0.4 is 10.9 Å². The van der Waals surface area contributed by atoms with E-state index in [1.54, 1.807) is 54.4 Å². The van der Waals surface area contributed by atoms with Crippen molar-refractivity contribution in [3.05, 3.63) is 70.3 Å². The number of rotatable bonds is 4. The summed E-state index contributed by atoms with van der Waals surface area (Å²) >= 11 is 0. The van der Waals surface area contributed by atoms with Gasteiger partial charge in [-0.2, -0.15) is 0 Å². The zero-order valence-corrected chi connectivity index (χ0v) is 14.4. The highest BCUT2D eigenvalue weighted by molar-refractivity contribution is 6.09. The van der Waals surface area contributed by atoms with Gasteiger partial charge in [-0.3, -0.25) is 14.4 Å². The summed E-state index contributed by atoms with van der Waals surface area (Å²) in [6.07, 6.45) is 1.29. The standard InChI is InChI=1S/C19H18N4O3/c1-3-23(2)19(26)13-7-4-6-12(10-13)17(24)22-15-9-5-8-14-16(15)20-11-21-18(14)25/h4-11H,3H2,1-2H3,(H,22,24)(H,20,21,25). The maximum Gasteiger partial charge on any atom is 0.258 e. The van der Waals surface area contributed by atoms with E-state index in [9.17, 15) is 14.4 Å². The summed E-state index contributed by atoms with van der Waals surface area (Å²) in [4.78, 5) is 44.9. The Labute approximate surface area is 149 Å². The number of aromatic amines is 1. The van der Waals surface area contributed by atoms with Crippen molar-refractivity contribution in [1.29, 1.82) is 0 Å². The first-order valence-electron chi connectivity index (χ1n) is 8.14. The van der Waals surface area contributed by atoms with Gasteiger partial charge in [0.1, 0.15) is 5.52 Å². The van der Waals surface area contributed by atoms with Gasteiger partial charge in [-0.05, 0) is 37.3 Å². The third-order valence-electron chi connectivity index (χ3n) is 4.11. The predicted molar refractivity (Wildman–Crippen MR) is 99.4 cm³/mol. The molecule has 132 valence electrons. The average Bonchev–Trinajstić information content (AvgIpc) is 2.67. The van der Waals surface area contributed by atoms with E-state index in [4.69, 9.17) is 0 Å². The first-order chi connectivity index (χ1) is 12.5. The Kier molecular flexibility index (Phi) is 4.79. The first-order valence-corrected chi connectivity index (χ1v) is 8.14. The lowest BCUT2D eigenvalue weighted by molar-refractivity contribution is 0.0802. The van der Waals surface area contributed by atoms with E-state index >= 15 is 0 Å². The molecule has 7 heteroatoms. The van der Waals surface area contributed by atoms with Crippen molar-refractivity contribution < 1.29 is 9.59 Å². The van der Waals surface area contributed by atoms with Crippen molar-refractivity contribution in [3.8, 4) is 0 Å². The Bertz CT molecular complexity index is 1040. The summed E-state index contributed by atoms with van der Waals surface area (Å²) in [6, 6.07) is 11.5. The Morgan fingerprint density at radius 1 is 1.15 bits per heavy atom. The molecular weight excluding hydrogens is 332 g/mol. The number of para-hydroxylation sites is 1. The number of carbonyl (C=O) groups is 2. The molecular formula is C19H18N4O3. The molecule has 0 unspecified atom stereocenters. The lowest BCUT2D eigenvalue weighted by Crippen LogP contribution is -2.26. The number of hydrogen-bond acceptors (Lipinski definition) is 4. The summed E-state index contributed by atoms with van der Waals surface area (Å²) in [7, 11) is 1.70. The van der Waals surface area contributed by atoms with Crippen LogP contribution in [0, 0.1) is 0 Å². The molecule has 7 nitrogen and oxygen atoms in total. The molecule has 2 N–H and O–H groups in total. The fourth-order valence-electron chi connectivity index (χ4n) is 2.55. The number of fused-ring (bicyclic) bond motifs is 1. The van der Waals surface area contributed by atoms with Crippen LogP contribution in [-0.4, -0.2) is 40.3 Å². The van der Waals surface area contributed by atoms with Crippen molar-refractivity contribution in [1.82, 2.24) is 14.9 Å². The zero-order chi connectivity index (χ0) is 18.7. The molecule has 1 aromatic heterocycles. The van der Waals surface area contributed by atoms with Crippen LogP contribution in [0.5, 0.6) is 0 Å². The van der Waals surface area contributed by atoms with E-state index < -0.39 is 0 Å². The van der Waals surface area contributed by atoms with E-state index in [2.05, 4.69) is 15.3 Å². The van der Waals surface area contributed by atoms with E-state index in [0.29, 0.717) is 34.3 Å². The molecule has 0 radical (unpaired) electrons. The SMILES string of the molecule is CCN(C)C(=O)c1cccc(C(=O)Nc2cccc3c(=O)[nH]cnc23)c1. The Hall–Kier alpha value is -3.48. The molecule has 0 fully saturated rings. The van der Waals surface area contributed by atoms with Gasteiger partial charge in [-0.1, -0.05) is 12.1 Å². The zero-order valence-electron chi connectivity index (χ0n) is 14.4. The van der Waals surface area contributed by atoms with Gasteiger partial charge in [0.25, 0.3) is 17.4 Å². The van der Waals surface area contributed by atoms with Crippen molar-refractivity contribution in [2.45, 2.75) is 6.92 Å². The van der Waals surface area contributed by atoms with Crippen molar-refractivity contribution >= 4 is 28.4 Å². The molecule has 2 aromatic carbocycles. The molecule has 26 heavy (non-hydrogen) atoms. The summed E-state index contributed by atoms with van der Waals surface area (Å²) < 4.78 is 0. The van der Waals surface area contributed by atoms with Gasteiger partial charge in [0, 0.05) is 24.7 Å². The van der Waals surface area contributed by atoms with Crippen molar-refractivity contribution in [3.63, 3.8) is 0 Å². The lowest BCUT2D eigenvalue weighted by Gasteiger charge is -2.15. The fraction of sp³-hybridized carbons (Fsp3) is 0.158. The number of anilines is 1. The van der Waals surface area contributed by atoms with Gasteiger partial charge in [-0.15, -0.1) is 0 Å². The topological polar surface area (TPSA) is 95.2 Å². The van der Waals surface area contributed by atoms with Gasteiger partial charge < -0.3 is 15.2 Å². The van der Waals surface area contributed by atoms with Gasteiger partial charge in [0.05, 0.1) is 17.4 Å². The third-order valence-corrected chi connectivity index (χ3v) is 4.11. The highest BCUT2D eigenvalue weighted by Gasteiger charge is 2.14. The van der Waals surface area contributed by atoms with Gasteiger partial charge in [-0.25, -0.2) is 4.98 Å². The molecule has 0 saturated carbocycles. The molecule has 0 saturated heterocycles. The second kappa shape index (κ2) is 7.18. The molecule has 0 aliphatic carbocycles. The van der Waals surface area contributed by atoms with E-state index in [-0.39, 0.29) is 17.4 Å². The number of aromatic nitrogens is 2. The molecule has 0 atom stereocenters. The molecule has 0 bridgehead atoms. The van der Waals surface area contributed by atoms with E-state index in [0.717, 1.165) is 0 Å². The number of nitrogens with one attached hydrogen (secondary N) is 2. The van der Waals surface area contributed by atoms with Crippen LogP contribution in [0.25, 0.3) is 10.9 Å². The van der Waals surface area contributed by atoms with Crippen LogP contribution in [0.4, 0.5) is 5.69 Å². The third kappa shape index (κ3) is 3.32. The number of amides is 2. The van der Waals surface area contributed by atoms with E-state index in [1.807, 2.05) is 6.92 Å². The highest BCUT2D eigenvalue weighted by Crippen LogP contribution is 2.19. The second-order valence-corrected chi connectivity index (χ2v) is 5.79. The maximum absolute atomic E-state index is 12.6. The van der Waals surface area contributed by atoms with Crippen LogP contribution in [0.15, 0.2) is 53.6 Å². The Morgan fingerprint density at radius 2 is 1.88 bits per heavy atom. The molecule has 2 amide bonds. The normalized spacial score (nSPS) is 10.5. The average molecular weight is 350 g/mol. The van der Waals surface area contributed by atoms with Gasteiger partial charge in [0.2, 0.25) is 0 Å².